The molecule has 0 aliphatic rings. The van der Waals surface area contributed by atoms with Crippen molar-refractivity contribution in [1.82, 2.24) is 0 Å². The standard InChI is InChI=1S/CHN.CO2.COS.CS2.CH4S.2H2S/c1-2;3*2-1-3;1-2;;/h1H;;;;2H,1H3;2*1H2. The van der Waals surface area contributed by atoms with Gasteiger partial charge in [-0.05, 0) is 30.7 Å². The Kier molecular flexibility index (Phi) is 829. The second-order valence-electron chi connectivity index (χ2n) is 0.250. The van der Waals surface area contributed by atoms with Gasteiger partial charge in [0.2, 0.25) is 5.23 Å². The molecule has 10 heteroatoms. The molecule has 0 aromatic heterocycles. The largest absolute Gasteiger partial charge is 0.373 e. The van der Waals surface area contributed by atoms with Crippen molar-refractivity contribution >= 4 is 92.0 Å². The Labute approximate surface area is 124 Å². The fourth-order valence-corrected chi connectivity index (χ4v) is 0. The minimum absolute atomic E-state index is 0. The molecule has 0 bridgehead atoms. The second-order valence-corrected chi connectivity index (χ2v) is 1.08. The molecule has 4 nitrogen and oxygen atoms in total. The predicted molar refractivity (Wildman–Crippen MR) is 80.8 cm³/mol. The van der Waals surface area contributed by atoms with Gasteiger partial charge in [-0.1, -0.05) is 0 Å². The zero-order valence-corrected chi connectivity index (χ0v) is 12.8. The Morgan fingerprint density at radius 3 is 1.00 bits per heavy atom. The van der Waals surface area contributed by atoms with Crippen LogP contribution in [0.4, 0.5) is 0 Å². The van der Waals surface area contributed by atoms with Gasteiger partial charge in [-0.3, -0.25) is 0 Å². The summed E-state index contributed by atoms with van der Waals surface area (Å²) in [5.41, 5.74) is 0. The third kappa shape index (κ3) is 552000. The molecule has 0 unspecified atom stereocenters. The molecule has 0 aromatic carbocycles. The lowest BCUT2D eigenvalue weighted by atomic mass is 11.8. The van der Waals surface area contributed by atoms with Crippen LogP contribution in [0.5, 0.6) is 0 Å². The topological polar surface area (TPSA) is 75.0 Å². The molecule has 0 saturated carbocycles. The number of hydrogen-bond donors (Lipinski definition) is 1. The highest BCUT2D eigenvalue weighted by atomic mass is 32.1. The van der Waals surface area contributed by atoms with Crippen molar-refractivity contribution in [3.63, 3.8) is 0 Å². The fourth-order valence-electron chi connectivity index (χ4n) is 0. The Bertz CT molecular complexity index is 148. The Morgan fingerprint density at radius 2 is 1.00 bits per heavy atom. The highest BCUT2D eigenvalue weighted by Crippen LogP contribution is 1.31. The smallest absolute Gasteiger partial charge is 0.220 e. The van der Waals surface area contributed by atoms with Crippen LogP contribution in [0.25, 0.3) is 0 Å². The van der Waals surface area contributed by atoms with E-state index in [1.165, 1.54) is 0 Å². The van der Waals surface area contributed by atoms with Gasteiger partial charge in [0.1, 0.15) is 0 Å². The molecule has 88 valence electrons. The molecule has 0 fully saturated rings. The predicted octanol–water partition coefficient (Wildman–Crippen LogP) is 1.60. The molecule has 0 spiro atoms. The molecular formula is C5H9NO3S6. The van der Waals surface area contributed by atoms with Crippen LogP contribution < -0.4 is 0 Å². The molecular weight excluding hydrogens is 314 g/mol. The van der Waals surface area contributed by atoms with E-state index in [0.717, 1.165) is 5.23 Å². The summed E-state index contributed by atoms with van der Waals surface area (Å²) in [4.78, 5) is 24.7. The average Bonchev–Trinajstić information content (AvgIpc) is 2.14. The van der Waals surface area contributed by atoms with Crippen molar-refractivity contribution < 1.29 is 14.4 Å². The molecule has 0 heterocycles. The summed E-state index contributed by atoms with van der Waals surface area (Å²) in [6.45, 7) is 3.50. The summed E-state index contributed by atoms with van der Waals surface area (Å²) in [5, 5.41) is 7.58. The molecule has 0 radical (unpaired) electrons. The summed E-state index contributed by atoms with van der Waals surface area (Å²) >= 11 is 15.0. The van der Waals surface area contributed by atoms with E-state index in [1.807, 2.05) is 4.31 Å². The SMILES string of the molecule is C#N.CS.O=C=O.O=C=S.S.S.S=C=S. The molecule has 0 saturated heterocycles. The van der Waals surface area contributed by atoms with Crippen LogP contribution >= 0.6 is 76.3 Å². The van der Waals surface area contributed by atoms with Crippen LogP contribution in [0.3, 0.4) is 0 Å². The van der Waals surface area contributed by atoms with E-state index in [9.17, 15) is 0 Å². The van der Waals surface area contributed by atoms with Crippen LogP contribution in [0.1, 0.15) is 0 Å². The van der Waals surface area contributed by atoms with Gasteiger partial charge in [0.25, 0.3) is 0 Å². The number of thiocarbonyl (C=S) groups is 3. The molecule has 0 amide bonds. The molecule has 0 aromatic rings. The molecule has 15 heavy (non-hydrogen) atoms. The summed E-state index contributed by atoms with van der Waals surface area (Å²) in [6, 6.07) is 0. The quantitative estimate of drug-likeness (QED) is 0.536. The number of hydrogen-bond acceptors (Lipinski definition) is 8. The van der Waals surface area contributed by atoms with Crippen LogP contribution in [0.15, 0.2) is 0 Å². The monoisotopic (exact) mass is 323 g/mol. The van der Waals surface area contributed by atoms with Crippen LogP contribution in [0, 0.1) is 11.8 Å². The van der Waals surface area contributed by atoms with Gasteiger partial charge in [0.05, 0.1) is 0 Å². The molecule has 0 aliphatic heterocycles. The van der Waals surface area contributed by atoms with Crippen LogP contribution in [-0.2, 0) is 14.4 Å². The van der Waals surface area contributed by atoms with Crippen molar-refractivity contribution in [3.05, 3.63) is 0 Å². The van der Waals surface area contributed by atoms with Crippen LogP contribution in [0.2, 0.25) is 0 Å². The van der Waals surface area contributed by atoms with E-state index in [-0.39, 0.29) is 33.1 Å². The van der Waals surface area contributed by atoms with Crippen molar-refractivity contribution in [3.8, 4) is 6.57 Å². The first-order valence-corrected chi connectivity index (χ1v) is 4.05. The Morgan fingerprint density at radius 1 is 1.00 bits per heavy atom. The van der Waals surface area contributed by atoms with Crippen molar-refractivity contribution in [2.24, 2.45) is 0 Å². The number of nitriles is 1. The fraction of sp³-hybridized carbons (Fsp3) is 0.200. The summed E-state index contributed by atoms with van der Waals surface area (Å²) in [7, 11) is 0. The van der Waals surface area contributed by atoms with Gasteiger partial charge < -0.3 is 0 Å². The van der Waals surface area contributed by atoms with E-state index in [4.69, 9.17) is 19.6 Å². The van der Waals surface area contributed by atoms with E-state index < -0.39 is 0 Å². The lowest BCUT2D eigenvalue weighted by molar-refractivity contribution is -0.191. The lowest BCUT2D eigenvalue weighted by Gasteiger charge is -1.11. The van der Waals surface area contributed by atoms with Gasteiger partial charge in [-0.15, -0.1) is 0 Å². The first-order valence-electron chi connectivity index (χ1n) is 1.93. The maximum Gasteiger partial charge on any atom is 0.373 e. The number of nitrogens with zero attached hydrogens (tertiary/aromatic N) is 1. The van der Waals surface area contributed by atoms with E-state index in [1.54, 1.807) is 6.26 Å². The molecule has 0 rings (SSSR count). The highest BCUT2D eigenvalue weighted by molar-refractivity contribution is 7.93. The Balaban J connectivity index is -0.0000000105. The van der Waals surface area contributed by atoms with Gasteiger partial charge in [0, 0.05) is 23.1 Å². The zero-order valence-electron chi connectivity index (χ0n) is 7.42. The Hall–Kier alpha value is -0.0600. The maximum atomic E-state index is 8.50. The summed E-state index contributed by atoms with van der Waals surface area (Å²) in [6.07, 6.45) is 1.94. The second kappa shape index (κ2) is 270. The molecule has 0 N–H and O–H groups in total. The number of thiol groups is 1. The maximum absolute atomic E-state index is 8.50. The first kappa shape index (κ1) is 46.1. The van der Waals surface area contributed by atoms with Crippen molar-refractivity contribution in [1.29, 1.82) is 5.26 Å². The van der Waals surface area contributed by atoms with E-state index in [0.29, 0.717) is 0 Å². The van der Waals surface area contributed by atoms with Gasteiger partial charge in [0.15, 0.2) is 0 Å². The van der Waals surface area contributed by atoms with Crippen molar-refractivity contribution in [2.75, 3.05) is 6.26 Å². The van der Waals surface area contributed by atoms with Gasteiger partial charge in [-0.25, -0.2) is 10.1 Å². The number of rotatable bonds is 0. The van der Waals surface area contributed by atoms with E-state index >= 15 is 0 Å². The van der Waals surface area contributed by atoms with Crippen molar-refractivity contribution in [2.45, 2.75) is 0 Å². The van der Waals surface area contributed by atoms with Gasteiger partial charge in [-0.2, -0.15) is 49.2 Å². The summed E-state index contributed by atoms with van der Waals surface area (Å²) in [5.74, 6) is 0. The van der Waals surface area contributed by atoms with Gasteiger partial charge >= 0.3 is 6.15 Å². The third-order valence-electron chi connectivity index (χ3n) is 0. The molecule has 0 aliphatic carbocycles. The first-order chi connectivity index (χ1) is 6.24. The lowest BCUT2D eigenvalue weighted by Crippen LogP contribution is -1.22. The van der Waals surface area contributed by atoms with Crippen LogP contribution in [-0.4, -0.2) is 22.0 Å². The molecule has 0 atom stereocenters. The minimum Gasteiger partial charge on any atom is -0.220 e. The summed E-state index contributed by atoms with van der Waals surface area (Å²) < 4.78 is 1.92. The highest BCUT2D eigenvalue weighted by Gasteiger charge is 1.13. The normalized spacial score (nSPS) is 2.13. The number of carbonyl (C=O) groups excluding carboxylic acids is 3. The minimum atomic E-state index is 0. The zero-order chi connectivity index (χ0) is 12.1. The third-order valence-corrected chi connectivity index (χ3v) is 0. The van der Waals surface area contributed by atoms with E-state index in [2.05, 4.69) is 55.9 Å². The average molecular weight is 324 g/mol.